The number of aromatic nitrogens is 1. The van der Waals surface area contributed by atoms with Crippen molar-refractivity contribution in [1.82, 2.24) is 5.16 Å². The van der Waals surface area contributed by atoms with Gasteiger partial charge in [0, 0.05) is 34.4 Å². The van der Waals surface area contributed by atoms with Crippen LogP contribution in [0.2, 0.25) is 0 Å². The first-order chi connectivity index (χ1) is 16.4. The van der Waals surface area contributed by atoms with E-state index in [0.717, 1.165) is 38.8 Å². The molecule has 0 unspecified atom stereocenters. The number of ether oxygens (including phenoxy) is 2. The van der Waals surface area contributed by atoms with Gasteiger partial charge in [0.2, 0.25) is 0 Å². The molecule has 8 heteroatoms. The number of aryl methyl sites for hydroxylation is 2. The molecule has 0 amide bonds. The second-order valence-electron chi connectivity index (χ2n) is 8.03. The van der Waals surface area contributed by atoms with E-state index in [1.165, 1.54) is 10.4 Å². The summed E-state index contributed by atoms with van der Waals surface area (Å²) in [6.07, 6.45) is -0.684. The van der Waals surface area contributed by atoms with Crippen LogP contribution in [0.1, 0.15) is 28.6 Å². The van der Waals surface area contributed by atoms with Crippen LogP contribution in [0.5, 0.6) is 5.75 Å². The van der Waals surface area contributed by atoms with Crippen LogP contribution in [-0.4, -0.2) is 23.8 Å². The van der Waals surface area contributed by atoms with E-state index in [1.54, 1.807) is 18.3 Å². The zero-order valence-corrected chi connectivity index (χ0v) is 21.2. The average Bonchev–Trinajstić information content (AvgIpc) is 3.43. The fourth-order valence-electron chi connectivity index (χ4n) is 3.60. The third-order valence-electron chi connectivity index (χ3n) is 5.45. The molecule has 2 aromatic heterocycles. The maximum Gasteiger partial charge on any atom is 1.00 e. The summed E-state index contributed by atoms with van der Waals surface area (Å²) in [7, 11) is 0. The molecule has 6 nitrogen and oxygen atoms in total. The SMILES string of the molecule is CCO[C@@H](Cc1ccc(OCc2sc(-c3ccc(-c4cc(C)no4)cc3)cc2C)cc1)C(=O)[O-].[Li+]. The van der Waals surface area contributed by atoms with Gasteiger partial charge in [-0.2, -0.15) is 0 Å². The van der Waals surface area contributed by atoms with E-state index in [9.17, 15) is 9.90 Å². The van der Waals surface area contributed by atoms with Crippen molar-refractivity contribution in [3.8, 4) is 27.5 Å². The molecule has 35 heavy (non-hydrogen) atoms. The Morgan fingerprint density at radius 2 is 1.74 bits per heavy atom. The number of carbonyl (C=O) groups is 1. The maximum atomic E-state index is 11.2. The van der Waals surface area contributed by atoms with Crippen molar-refractivity contribution in [3.05, 3.63) is 82.4 Å². The fraction of sp³-hybridized carbons (Fsp3) is 0.259. The Bertz CT molecular complexity index is 1250. The molecule has 2 heterocycles. The molecule has 0 N–H and O–H groups in total. The molecule has 0 saturated carbocycles. The topological polar surface area (TPSA) is 84.6 Å². The van der Waals surface area contributed by atoms with E-state index < -0.39 is 12.1 Å². The molecule has 0 saturated heterocycles. The van der Waals surface area contributed by atoms with Crippen molar-refractivity contribution in [2.75, 3.05) is 6.61 Å². The Morgan fingerprint density at radius 1 is 1.06 bits per heavy atom. The molecule has 0 aliphatic rings. The fourth-order valence-corrected chi connectivity index (χ4v) is 4.69. The first-order valence-electron chi connectivity index (χ1n) is 11.1. The molecule has 0 radical (unpaired) electrons. The minimum Gasteiger partial charge on any atom is -0.547 e. The Labute approximate surface area is 221 Å². The van der Waals surface area contributed by atoms with Gasteiger partial charge in [0.25, 0.3) is 0 Å². The molecular formula is C27H26LiNO5S. The average molecular weight is 484 g/mol. The molecule has 4 aromatic rings. The van der Waals surface area contributed by atoms with Crippen molar-refractivity contribution in [2.45, 2.75) is 39.9 Å². The number of rotatable bonds is 10. The summed E-state index contributed by atoms with van der Waals surface area (Å²) in [5.41, 5.74) is 5.03. The van der Waals surface area contributed by atoms with E-state index in [-0.39, 0.29) is 25.3 Å². The number of nitrogens with zero attached hydrogens (tertiary/aromatic N) is 1. The number of carboxylic acid groups (broad SMARTS) is 1. The summed E-state index contributed by atoms with van der Waals surface area (Å²) in [4.78, 5) is 13.5. The van der Waals surface area contributed by atoms with Gasteiger partial charge in [-0.25, -0.2) is 0 Å². The van der Waals surface area contributed by atoms with Gasteiger partial charge < -0.3 is 23.9 Å². The number of hydrogen-bond donors (Lipinski definition) is 0. The number of aliphatic carboxylic acids is 1. The largest absolute Gasteiger partial charge is 1.00 e. The summed E-state index contributed by atoms with van der Waals surface area (Å²) in [6, 6.07) is 19.8. The standard InChI is InChI=1S/C27H27NO5S.Li/c1-4-31-24(27(29)30)15-19-5-11-22(12-6-19)32-16-26-17(2)13-25(34-26)21-9-7-20(8-10-21)23-14-18(3)28-33-23;/h5-14,24H,4,15-16H2,1-3H3,(H,29,30);/q;+1/p-1/t24-;/m0./s1. The van der Waals surface area contributed by atoms with Crippen LogP contribution in [0.4, 0.5) is 0 Å². The minimum absolute atomic E-state index is 0. The van der Waals surface area contributed by atoms with Gasteiger partial charge in [0.15, 0.2) is 5.76 Å². The predicted octanol–water partition coefficient (Wildman–Crippen LogP) is 1.97. The molecule has 176 valence electrons. The van der Waals surface area contributed by atoms with E-state index in [0.29, 0.717) is 13.2 Å². The maximum absolute atomic E-state index is 11.2. The van der Waals surface area contributed by atoms with Crippen LogP contribution in [0.25, 0.3) is 21.8 Å². The molecule has 0 bridgehead atoms. The molecular weight excluding hydrogens is 457 g/mol. The number of carbonyl (C=O) groups excluding carboxylic acids is 1. The van der Waals surface area contributed by atoms with E-state index in [2.05, 4.69) is 30.3 Å². The first kappa shape index (κ1) is 26.8. The molecule has 0 spiro atoms. The molecule has 0 fully saturated rings. The van der Waals surface area contributed by atoms with Gasteiger partial charge >= 0.3 is 18.9 Å². The molecule has 1 atom stereocenters. The Balaban J connectivity index is 0.00000342. The van der Waals surface area contributed by atoms with Gasteiger partial charge in [-0.05, 0) is 55.7 Å². The molecule has 0 aliphatic carbocycles. The van der Waals surface area contributed by atoms with Crippen molar-refractivity contribution >= 4 is 17.3 Å². The third-order valence-corrected chi connectivity index (χ3v) is 6.71. The molecule has 0 aliphatic heterocycles. The van der Waals surface area contributed by atoms with Crippen LogP contribution in [0, 0.1) is 13.8 Å². The van der Waals surface area contributed by atoms with Gasteiger partial charge in [0.1, 0.15) is 18.5 Å². The zero-order valence-electron chi connectivity index (χ0n) is 20.4. The van der Waals surface area contributed by atoms with Gasteiger partial charge in [-0.15, -0.1) is 11.3 Å². The Morgan fingerprint density at radius 3 is 2.34 bits per heavy atom. The minimum atomic E-state index is -1.20. The van der Waals surface area contributed by atoms with Crippen LogP contribution < -0.4 is 28.7 Å². The second kappa shape index (κ2) is 12.2. The van der Waals surface area contributed by atoms with E-state index >= 15 is 0 Å². The predicted molar refractivity (Wildman–Crippen MR) is 130 cm³/mol. The van der Waals surface area contributed by atoms with Crippen molar-refractivity contribution in [3.63, 3.8) is 0 Å². The molecule has 2 aromatic carbocycles. The van der Waals surface area contributed by atoms with Gasteiger partial charge in [-0.3, -0.25) is 0 Å². The Kier molecular flexibility index (Phi) is 9.36. The second-order valence-corrected chi connectivity index (χ2v) is 9.16. The quantitative estimate of drug-likeness (QED) is 0.321. The van der Waals surface area contributed by atoms with Gasteiger partial charge in [-0.1, -0.05) is 41.6 Å². The third kappa shape index (κ3) is 6.87. The Hall–Kier alpha value is -2.82. The number of carboxylic acids is 1. The van der Waals surface area contributed by atoms with Crippen LogP contribution in [0.15, 0.2) is 65.2 Å². The summed E-state index contributed by atoms with van der Waals surface area (Å²) in [5.74, 6) is 0.291. The smallest absolute Gasteiger partial charge is 0.547 e. The van der Waals surface area contributed by atoms with Crippen LogP contribution >= 0.6 is 11.3 Å². The monoisotopic (exact) mass is 483 g/mol. The summed E-state index contributed by atoms with van der Waals surface area (Å²) in [5, 5.41) is 15.1. The van der Waals surface area contributed by atoms with Crippen molar-refractivity contribution in [2.24, 2.45) is 0 Å². The van der Waals surface area contributed by atoms with E-state index in [4.69, 9.17) is 14.0 Å². The summed E-state index contributed by atoms with van der Waals surface area (Å²) >= 11 is 1.71. The number of benzene rings is 2. The van der Waals surface area contributed by atoms with Crippen LogP contribution in [0.3, 0.4) is 0 Å². The normalized spacial score (nSPS) is 11.6. The number of hydrogen-bond acceptors (Lipinski definition) is 7. The van der Waals surface area contributed by atoms with Crippen molar-refractivity contribution in [1.29, 1.82) is 0 Å². The zero-order chi connectivity index (χ0) is 24.1. The van der Waals surface area contributed by atoms with Gasteiger partial charge in [0.05, 0.1) is 11.7 Å². The van der Waals surface area contributed by atoms with Crippen molar-refractivity contribution < 1.29 is 42.8 Å². The number of thiophene rings is 1. The summed E-state index contributed by atoms with van der Waals surface area (Å²) < 4.78 is 16.6. The molecule has 4 rings (SSSR count). The van der Waals surface area contributed by atoms with Crippen LogP contribution in [-0.2, 0) is 22.6 Å². The van der Waals surface area contributed by atoms with E-state index in [1.807, 2.05) is 49.4 Å². The first-order valence-corrected chi connectivity index (χ1v) is 11.9. The summed E-state index contributed by atoms with van der Waals surface area (Å²) in [6.45, 7) is 6.54.